The van der Waals surface area contributed by atoms with Crippen LogP contribution in [0, 0.1) is 17.8 Å². The van der Waals surface area contributed by atoms with Gasteiger partial charge in [-0.2, -0.15) is 0 Å². The van der Waals surface area contributed by atoms with Crippen molar-refractivity contribution in [2.24, 2.45) is 17.8 Å². The molecule has 2 unspecified atom stereocenters. The van der Waals surface area contributed by atoms with E-state index in [0.29, 0.717) is 0 Å². The summed E-state index contributed by atoms with van der Waals surface area (Å²) in [6, 6.07) is 12.8. The van der Waals surface area contributed by atoms with E-state index in [9.17, 15) is 19.2 Å². The van der Waals surface area contributed by atoms with Crippen LogP contribution in [-0.4, -0.2) is 23.5 Å². The van der Waals surface area contributed by atoms with Crippen molar-refractivity contribution in [1.82, 2.24) is 0 Å². The summed E-state index contributed by atoms with van der Waals surface area (Å²) in [6.45, 7) is 1.80. The Morgan fingerprint density at radius 2 is 1.20 bits per heavy atom. The summed E-state index contributed by atoms with van der Waals surface area (Å²) in [6.07, 6.45) is 6.56. The Hall–Kier alpha value is -3.80. The largest absolute Gasteiger partial charge is 0.425 e. The molecule has 0 aromatic heterocycles. The highest BCUT2D eigenvalue weighted by Crippen LogP contribution is 2.39. The lowest BCUT2D eigenvalue weighted by Gasteiger charge is -2.32. The molecule has 2 aliphatic heterocycles. The van der Waals surface area contributed by atoms with Gasteiger partial charge in [0.2, 0.25) is 0 Å². The van der Waals surface area contributed by atoms with Gasteiger partial charge in [-0.1, -0.05) is 48.6 Å². The van der Waals surface area contributed by atoms with Gasteiger partial charge in [0.25, 0.3) is 0 Å². The standard InChI is InChI=1S/C24H18O6/c1-2-3-4-11-16(19-21(25)14-9-5-7-12-17(14)29-23(19)27)20-22(26)15-10-6-8-13-18(15)30-24(20)28/h2-13,16,19-20H,1H3/b3-2+,11-4+. The quantitative estimate of drug-likeness (QED) is 0.336. The molecule has 0 spiro atoms. The van der Waals surface area contributed by atoms with Crippen molar-refractivity contribution in [1.29, 1.82) is 0 Å². The zero-order chi connectivity index (χ0) is 21.3. The second-order valence-corrected chi connectivity index (χ2v) is 7.01. The Bertz CT molecular complexity index is 1030. The topological polar surface area (TPSA) is 86.7 Å². The van der Waals surface area contributed by atoms with Crippen molar-refractivity contribution < 1.29 is 28.7 Å². The van der Waals surface area contributed by atoms with Gasteiger partial charge in [0.15, 0.2) is 11.6 Å². The monoisotopic (exact) mass is 402 g/mol. The molecule has 2 aliphatic rings. The SMILES string of the molecule is C/C=C/C=C/C(C1C(=O)Oc2ccccc2C1=O)C1C(=O)Oc2ccccc2C1=O. The minimum absolute atomic E-state index is 0.169. The first kappa shape index (κ1) is 19.5. The highest BCUT2D eigenvalue weighted by atomic mass is 16.5. The average Bonchev–Trinajstić information content (AvgIpc) is 2.73. The molecular weight excluding hydrogens is 384 g/mol. The van der Waals surface area contributed by atoms with Gasteiger partial charge in [-0.15, -0.1) is 0 Å². The van der Waals surface area contributed by atoms with Gasteiger partial charge >= 0.3 is 11.9 Å². The highest BCUT2D eigenvalue weighted by molar-refractivity contribution is 6.17. The average molecular weight is 402 g/mol. The highest BCUT2D eigenvalue weighted by Gasteiger charge is 2.50. The third-order valence-corrected chi connectivity index (χ3v) is 5.21. The van der Waals surface area contributed by atoms with Crippen LogP contribution < -0.4 is 9.47 Å². The van der Waals surface area contributed by atoms with Crippen molar-refractivity contribution in [3.05, 3.63) is 84.0 Å². The Kier molecular flexibility index (Phi) is 5.14. The zero-order valence-corrected chi connectivity index (χ0v) is 16.1. The number of rotatable bonds is 4. The molecule has 0 amide bonds. The van der Waals surface area contributed by atoms with Crippen molar-refractivity contribution in [2.75, 3.05) is 0 Å². The van der Waals surface area contributed by atoms with E-state index in [2.05, 4.69) is 0 Å². The van der Waals surface area contributed by atoms with Gasteiger partial charge in [-0.05, 0) is 31.2 Å². The van der Waals surface area contributed by atoms with Gasteiger partial charge in [0, 0.05) is 5.92 Å². The molecule has 0 saturated heterocycles. The molecule has 0 radical (unpaired) electrons. The molecule has 2 aromatic carbocycles. The molecule has 2 atom stereocenters. The number of ketones is 2. The number of carbonyl (C=O) groups excluding carboxylic acids is 4. The zero-order valence-electron chi connectivity index (χ0n) is 16.1. The van der Waals surface area contributed by atoms with Crippen LogP contribution in [0.4, 0.5) is 0 Å². The van der Waals surface area contributed by atoms with Crippen LogP contribution in [0.3, 0.4) is 0 Å². The summed E-state index contributed by atoms with van der Waals surface area (Å²) in [4.78, 5) is 51.9. The summed E-state index contributed by atoms with van der Waals surface area (Å²) < 4.78 is 10.7. The summed E-state index contributed by atoms with van der Waals surface area (Å²) in [7, 11) is 0. The number of para-hydroxylation sites is 2. The lowest BCUT2D eigenvalue weighted by molar-refractivity contribution is -0.143. The molecular formula is C24H18O6. The van der Waals surface area contributed by atoms with E-state index in [1.54, 1.807) is 61.5 Å². The molecule has 0 N–H and O–H groups in total. The van der Waals surface area contributed by atoms with Crippen LogP contribution in [0.2, 0.25) is 0 Å². The fraction of sp³-hybridized carbons (Fsp3) is 0.167. The second-order valence-electron chi connectivity index (χ2n) is 7.01. The van der Waals surface area contributed by atoms with E-state index in [0.717, 1.165) is 0 Å². The van der Waals surface area contributed by atoms with Crippen LogP contribution in [0.15, 0.2) is 72.8 Å². The predicted molar refractivity (Wildman–Crippen MR) is 107 cm³/mol. The Balaban J connectivity index is 1.80. The van der Waals surface area contributed by atoms with Crippen LogP contribution in [0.1, 0.15) is 27.6 Å². The number of esters is 2. The lowest BCUT2D eigenvalue weighted by atomic mass is 9.73. The van der Waals surface area contributed by atoms with Gasteiger partial charge < -0.3 is 9.47 Å². The molecule has 150 valence electrons. The maximum absolute atomic E-state index is 13.2. The normalized spacial score (nSPS) is 21.9. The first-order chi connectivity index (χ1) is 14.5. The van der Waals surface area contributed by atoms with Crippen molar-refractivity contribution in [3.63, 3.8) is 0 Å². The Morgan fingerprint density at radius 1 is 0.733 bits per heavy atom. The van der Waals surface area contributed by atoms with E-state index in [1.165, 1.54) is 18.2 Å². The number of fused-ring (bicyclic) bond motifs is 2. The summed E-state index contributed by atoms with van der Waals surface area (Å²) in [5.41, 5.74) is 0.479. The smallest absolute Gasteiger partial charge is 0.322 e. The third-order valence-electron chi connectivity index (χ3n) is 5.21. The van der Waals surface area contributed by atoms with Crippen molar-refractivity contribution in [2.45, 2.75) is 6.92 Å². The minimum Gasteiger partial charge on any atom is -0.425 e. The lowest BCUT2D eigenvalue weighted by Crippen LogP contribution is -2.47. The van der Waals surface area contributed by atoms with Crippen LogP contribution in [0.25, 0.3) is 0 Å². The molecule has 4 rings (SSSR count). The molecule has 0 aliphatic carbocycles. The molecule has 0 fully saturated rings. The Labute approximate surface area is 172 Å². The summed E-state index contributed by atoms with van der Waals surface area (Å²) >= 11 is 0. The van der Waals surface area contributed by atoms with Crippen LogP contribution in [0.5, 0.6) is 11.5 Å². The number of benzene rings is 2. The molecule has 6 heteroatoms. The fourth-order valence-electron chi connectivity index (χ4n) is 3.79. The molecule has 2 heterocycles. The number of hydrogen-bond donors (Lipinski definition) is 0. The molecule has 0 saturated carbocycles. The van der Waals surface area contributed by atoms with Crippen molar-refractivity contribution >= 4 is 23.5 Å². The second kappa shape index (κ2) is 7.91. The number of carbonyl (C=O) groups is 4. The maximum atomic E-state index is 13.2. The van der Waals surface area contributed by atoms with Gasteiger partial charge in [-0.3, -0.25) is 19.2 Å². The maximum Gasteiger partial charge on any atom is 0.322 e. The predicted octanol–water partition coefficient (Wildman–Crippen LogP) is 3.57. The van der Waals surface area contributed by atoms with E-state index < -0.39 is 41.3 Å². The third kappa shape index (κ3) is 3.26. The van der Waals surface area contributed by atoms with E-state index in [4.69, 9.17) is 9.47 Å². The van der Waals surface area contributed by atoms with Crippen molar-refractivity contribution in [3.8, 4) is 11.5 Å². The minimum atomic E-state index is -1.34. The molecule has 30 heavy (non-hydrogen) atoms. The summed E-state index contributed by atoms with van der Waals surface area (Å²) in [5, 5.41) is 0. The summed E-state index contributed by atoms with van der Waals surface area (Å²) in [5.74, 6) is -5.97. The number of allylic oxidation sites excluding steroid dienone is 4. The van der Waals surface area contributed by atoms with Gasteiger partial charge in [-0.25, -0.2) is 0 Å². The van der Waals surface area contributed by atoms with E-state index in [-0.39, 0.29) is 22.6 Å². The fourth-order valence-corrected chi connectivity index (χ4v) is 3.79. The number of hydrogen-bond acceptors (Lipinski definition) is 6. The van der Waals surface area contributed by atoms with Gasteiger partial charge in [0.05, 0.1) is 11.1 Å². The van der Waals surface area contributed by atoms with E-state index in [1.807, 2.05) is 0 Å². The number of Topliss-reactive ketones (excluding diaryl/α,β-unsaturated/α-hetero) is 2. The molecule has 0 bridgehead atoms. The molecule has 2 aromatic rings. The van der Waals surface area contributed by atoms with Crippen LogP contribution >= 0.6 is 0 Å². The number of ether oxygens (including phenoxy) is 2. The molecule has 6 nitrogen and oxygen atoms in total. The van der Waals surface area contributed by atoms with Crippen LogP contribution in [-0.2, 0) is 9.59 Å². The van der Waals surface area contributed by atoms with Gasteiger partial charge in [0.1, 0.15) is 23.3 Å². The Morgan fingerprint density at radius 3 is 1.67 bits per heavy atom. The first-order valence-corrected chi connectivity index (χ1v) is 9.52. The van der Waals surface area contributed by atoms with E-state index >= 15 is 0 Å². The first-order valence-electron chi connectivity index (χ1n) is 9.52.